The summed E-state index contributed by atoms with van der Waals surface area (Å²) in [5, 5.41) is 3.42. The molecule has 0 aliphatic heterocycles. The van der Waals surface area contributed by atoms with Gasteiger partial charge in [-0.15, -0.1) is 0 Å². The first-order valence-corrected chi connectivity index (χ1v) is 7.10. The summed E-state index contributed by atoms with van der Waals surface area (Å²) in [5.41, 5.74) is 2.41. The van der Waals surface area contributed by atoms with Gasteiger partial charge in [0.25, 0.3) is 0 Å². The van der Waals surface area contributed by atoms with Gasteiger partial charge in [-0.3, -0.25) is 4.98 Å². The van der Waals surface area contributed by atoms with E-state index in [1.54, 1.807) is 0 Å². The Hall–Kier alpha value is -1.81. The highest BCUT2D eigenvalue weighted by Crippen LogP contribution is 2.20. The van der Waals surface area contributed by atoms with Crippen LogP contribution in [0.3, 0.4) is 0 Å². The van der Waals surface area contributed by atoms with Gasteiger partial charge >= 0.3 is 0 Å². The Kier molecular flexibility index (Phi) is 5.18. The second-order valence-corrected chi connectivity index (χ2v) is 5.05. The van der Waals surface area contributed by atoms with Crippen molar-refractivity contribution in [2.75, 3.05) is 18.5 Å². The normalized spacial score (nSPS) is 10.8. The number of aromatic nitrogens is 1. The third kappa shape index (κ3) is 3.84. The topological polar surface area (TPSA) is 41.3 Å². The van der Waals surface area contributed by atoms with Crippen molar-refractivity contribution in [3.63, 3.8) is 0 Å². The largest absolute Gasteiger partial charge is 0.464 e. The molecule has 2 aromatic rings. The predicted octanol–water partition coefficient (Wildman–Crippen LogP) is 3.12. The van der Waals surface area contributed by atoms with E-state index < -0.39 is 0 Å². The molecule has 0 atom stereocenters. The SMILES string of the molecule is CCCNCc1cnccc1N(C)Cc1ccc(C)o1. The lowest BCUT2D eigenvalue weighted by molar-refractivity contribution is 0.481. The zero-order valence-electron chi connectivity index (χ0n) is 12.5. The zero-order valence-corrected chi connectivity index (χ0v) is 12.5. The second kappa shape index (κ2) is 7.10. The van der Waals surface area contributed by atoms with Crippen molar-refractivity contribution in [1.29, 1.82) is 0 Å². The van der Waals surface area contributed by atoms with Crippen molar-refractivity contribution in [2.24, 2.45) is 0 Å². The van der Waals surface area contributed by atoms with E-state index in [1.165, 1.54) is 11.3 Å². The van der Waals surface area contributed by atoms with Gasteiger partial charge in [-0.05, 0) is 38.1 Å². The molecule has 4 nitrogen and oxygen atoms in total. The molecule has 0 aliphatic rings. The number of anilines is 1. The van der Waals surface area contributed by atoms with Gasteiger partial charge in [0.05, 0.1) is 6.54 Å². The maximum absolute atomic E-state index is 5.64. The number of hydrogen-bond acceptors (Lipinski definition) is 4. The minimum absolute atomic E-state index is 0.763. The molecule has 0 radical (unpaired) electrons. The Morgan fingerprint density at radius 2 is 2.15 bits per heavy atom. The summed E-state index contributed by atoms with van der Waals surface area (Å²) in [6.45, 7) is 6.77. The number of rotatable bonds is 7. The average Bonchev–Trinajstić information content (AvgIpc) is 2.85. The summed E-state index contributed by atoms with van der Waals surface area (Å²) in [6, 6.07) is 6.08. The van der Waals surface area contributed by atoms with E-state index in [9.17, 15) is 0 Å². The summed E-state index contributed by atoms with van der Waals surface area (Å²) >= 11 is 0. The van der Waals surface area contributed by atoms with Crippen molar-refractivity contribution >= 4 is 5.69 Å². The Morgan fingerprint density at radius 3 is 2.85 bits per heavy atom. The summed E-state index contributed by atoms with van der Waals surface area (Å²) in [5.74, 6) is 1.93. The number of nitrogens with one attached hydrogen (secondary N) is 1. The lowest BCUT2D eigenvalue weighted by atomic mass is 10.2. The van der Waals surface area contributed by atoms with Crippen LogP contribution in [0.1, 0.15) is 30.4 Å². The molecule has 1 N–H and O–H groups in total. The van der Waals surface area contributed by atoms with Crippen molar-refractivity contribution < 1.29 is 4.42 Å². The molecule has 0 fully saturated rings. The molecule has 0 bridgehead atoms. The fraction of sp³-hybridized carbons (Fsp3) is 0.438. The van der Waals surface area contributed by atoms with Crippen molar-refractivity contribution in [2.45, 2.75) is 33.4 Å². The predicted molar refractivity (Wildman–Crippen MR) is 81.8 cm³/mol. The molecule has 0 spiro atoms. The number of hydrogen-bond donors (Lipinski definition) is 1. The highest BCUT2D eigenvalue weighted by molar-refractivity contribution is 5.51. The first-order chi connectivity index (χ1) is 9.70. The Morgan fingerprint density at radius 1 is 1.30 bits per heavy atom. The van der Waals surface area contributed by atoms with Crippen LogP contribution in [0.15, 0.2) is 35.0 Å². The van der Waals surface area contributed by atoms with E-state index in [0.29, 0.717) is 0 Å². The first-order valence-electron chi connectivity index (χ1n) is 7.10. The van der Waals surface area contributed by atoms with E-state index in [4.69, 9.17) is 4.42 Å². The van der Waals surface area contributed by atoms with Crippen LogP contribution in [-0.2, 0) is 13.1 Å². The summed E-state index contributed by atoms with van der Waals surface area (Å²) in [6.07, 6.45) is 4.90. The van der Waals surface area contributed by atoms with E-state index in [0.717, 1.165) is 37.6 Å². The van der Waals surface area contributed by atoms with E-state index in [2.05, 4.69) is 35.2 Å². The molecule has 0 saturated heterocycles. The van der Waals surface area contributed by atoms with Crippen LogP contribution < -0.4 is 10.2 Å². The quantitative estimate of drug-likeness (QED) is 0.787. The molecule has 2 rings (SSSR count). The van der Waals surface area contributed by atoms with Crippen LogP contribution in [0.25, 0.3) is 0 Å². The summed E-state index contributed by atoms with van der Waals surface area (Å²) < 4.78 is 5.64. The zero-order chi connectivity index (χ0) is 14.4. The fourth-order valence-corrected chi connectivity index (χ4v) is 2.22. The van der Waals surface area contributed by atoms with Gasteiger partial charge in [-0.2, -0.15) is 0 Å². The molecule has 0 amide bonds. The van der Waals surface area contributed by atoms with Crippen molar-refractivity contribution in [1.82, 2.24) is 10.3 Å². The molecule has 0 saturated carbocycles. The lowest BCUT2D eigenvalue weighted by Gasteiger charge is -2.21. The average molecular weight is 273 g/mol. The van der Waals surface area contributed by atoms with Gasteiger partial charge in [0.2, 0.25) is 0 Å². The number of pyridine rings is 1. The molecule has 0 aliphatic carbocycles. The van der Waals surface area contributed by atoms with Crippen LogP contribution in [0.4, 0.5) is 5.69 Å². The monoisotopic (exact) mass is 273 g/mol. The van der Waals surface area contributed by atoms with Gasteiger partial charge in [0.1, 0.15) is 11.5 Å². The van der Waals surface area contributed by atoms with Gasteiger partial charge in [0.15, 0.2) is 0 Å². The number of aryl methyl sites for hydroxylation is 1. The van der Waals surface area contributed by atoms with Crippen LogP contribution in [-0.4, -0.2) is 18.6 Å². The molecule has 2 aromatic heterocycles. The van der Waals surface area contributed by atoms with Gasteiger partial charge < -0.3 is 14.6 Å². The van der Waals surface area contributed by atoms with Gasteiger partial charge in [-0.25, -0.2) is 0 Å². The molecular formula is C16H23N3O. The van der Waals surface area contributed by atoms with Gasteiger partial charge in [-0.1, -0.05) is 6.92 Å². The van der Waals surface area contributed by atoms with E-state index >= 15 is 0 Å². The minimum atomic E-state index is 0.763. The molecule has 4 heteroatoms. The van der Waals surface area contributed by atoms with E-state index in [1.807, 2.05) is 31.5 Å². The van der Waals surface area contributed by atoms with Crippen LogP contribution in [0.5, 0.6) is 0 Å². The first kappa shape index (κ1) is 14.6. The lowest BCUT2D eigenvalue weighted by Crippen LogP contribution is -2.21. The van der Waals surface area contributed by atoms with Crippen LogP contribution in [0.2, 0.25) is 0 Å². The smallest absolute Gasteiger partial charge is 0.123 e. The highest BCUT2D eigenvalue weighted by atomic mass is 16.3. The summed E-state index contributed by atoms with van der Waals surface area (Å²) in [4.78, 5) is 6.42. The maximum atomic E-state index is 5.64. The standard InChI is InChI=1S/C16H23N3O/c1-4-8-17-10-14-11-18-9-7-16(14)19(3)12-15-6-5-13(2)20-15/h5-7,9,11,17H,4,8,10,12H2,1-3H3. The minimum Gasteiger partial charge on any atom is -0.464 e. The van der Waals surface area contributed by atoms with Crippen molar-refractivity contribution in [3.8, 4) is 0 Å². The van der Waals surface area contributed by atoms with E-state index in [-0.39, 0.29) is 0 Å². The molecule has 2 heterocycles. The second-order valence-electron chi connectivity index (χ2n) is 5.05. The fourth-order valence-electron chi connectivity index (χ4n) is 2.22. The van der Waals surface area contributed by atoms with Crippen LogP contribution in [0, 0.1) is 6.92 Å². The number of nitrogens with zero attached hydrogens (tertiary/aromatic N) is 2. The van der Waals surface area contributed by atoms with Crippen LogP contribution >= 0.6 is 0 Å². The van der Waals surface area contributed by atoms with Gasteiger partial charge in [0, 0.05) is 37.2 Å². The third-order valence-corrected chi connectivity index (χ3v) is 3.22. The maximum Gasteiger partial charge on any atom is 0.123 e. The molecular weight excluding hydrogens is 250 g/mol. The Balaban J connectivity index is 2.06. The molecule has 20 heavy (non-hydrogen) atoms. The number of furan rings is 1. The highest BCUT2D eigenvalue weighted by Gasteiger charge is 2.09. The van der Waals surface area contributed by atoms with Crippen molar-refractivity contribution in [3.05, 3.63) is 47.7 Å². The molecule has 0 unspecified atom stereocenters. The Bertz CT molecular complexity index is 536. The Labute approximate surface area is 120 Å². The summed E-state index contributed by atoms with van der Waals surface area (Å²) in [7, 11) is 2.08. The third-order valence-electron chi connectivity index (χ3n) is 3.22. The molecule has 108 valence electrons. The molecule has 0 aromatic carbocycles.